The first-order valence-electron chi connectivity index (χ1n) is 10.5. The fraction of sp³-hybridized carbons (Fsp3) is 0.308. The summed E-state index contributed by atoms with van der Waals surface area (Å²) in [5, 5.41) is 11.2. The van der Waals surface area contributed by atoms with Gasteiger partial charge in [-0.05, 0) is 44.4 Å². The molecule has 1 aliphatic carbocycles. The average molecular weight is 405 g/mol. The molecule has 0 radical (unpaired) electrons. The molecule has 1 atom stereocenters. The molecule has 1 N–H and O–H groups in total. The maximum absolute atomic E-state index is 11.2. The van der Waals surface area contributed by atoms with Crippen molar-refractivity contribution in [1.29, 1.82) is 0 Å². The third-order valence-corrected chi connectivity index (χ3v) is 5.04. The SMILES string of the molecule is CC(C)OC1=C(O)C2=C(c3ccccc3)CC(c3ccccc3)OC2=C1OC(C)C. The predicted octanol–water partition coefficient (Wildman–Crippen LogP) is 6.45. The van der Waals surface area contributed by atoms with Gasteiger partial charge < -0.3 is 19.3 Å². The number of hydrogen-bond donors (Lipinski definition) is 1. The number of aliphatic hydroxyl groups is 1. The number of hydrogen-bond acceptors (Lipinski definition) is 4. The summed E-state index contributed by atoms with van der Waals surface area (Å²) in [6, 6.07) is 20.3. The quantitative estimate of drug-likeness (QED) is 0.601. The van der Waals surface area contributed by atoms with Crippen molar-refractivity contribution in [2.45, 2.75) is 52.4 Å². The zero-order valence-electron chi connectivity index (χ0n) is 17.9. The van der Waals surface area contributed by atoms with E-state index in [9.17, 15) is 5.11 Å². The highest BCUT2D eigenvalue weighted by Gasteiger charge is 2.42. The molecular formula is C26H28O4. The zero-order valence-corrected chi connectivity index (χ0v) is 17.9. The highest BCUT2D eigenvalue weighted by Crippen LogP contribution is 2.50. The van der Waals surface area contributed by atoms with E-state index in [1.54, 1.807) is 0 Å². The van der Waals surface area contributed by atoms with Gasteiger partial charge >= 0.3 is 0 Å². The molecule has 0 fully saturated rings. The Morgan fingerprint density at radius 3 is 2.00 bits per heavy atom. The molecule has 30 heavy (non-hydrogen) atoms. The lowest BCUT2D eigenvalue weighted by atomic mass is 9.89. The first-order valence-corrected chi connectivity index (χ1v) is 10.5. The van der Waals surface area contributed by atoms with Crippen LogP contribution < -0.4 is 0 Å². The molecule has 2 aromatic carbocycles. The summed E-state index contributed by atoms with van der Waals surface area (Å²) in [6.45, 7) is 7.77. The molecule has 0 spiro atoms. The predicted molar refractivity (Wildman–Crippen MR) is 117 cm³/mol. The Bertz CT molecular complexity index is 998. The van der Waals surface area contributed by atoms with Gasteiger partial charge in [0.15, 0.2) is 11.5 Å². The number of fused-ring (bicyclic) bond motifs is 1. The molecule has 0 saturated heterocycles. The largest absolute Gasteiger partial charge is 0.504 e. The van der Waals surface area contributed by atoms with E-state index in [2.05, 4.69) is 24.3 Å². The second-order valence-corrected chi connectivity index (χ2v) is 8.11. The minimum absolute atomic E-state index is 0.0831. The van der Waals surface area contributed by atoms with E-state index < -0.39 is 0 Å². The Morgan fingerprint density at radius 2 is 1.40 bits per heavy atom. The van der Waals surface area contributed by atoms with Crippen molar-refractivity contribution in [1.82, 2.24) is 0 Å². The van der Waals surface area contributed by atoms with Gasteiger partial charge in [0.25, 0.3) is 0 Å². The highest BCUT2D eigenvalue weighted by molar-refractivity contribution is 5.80. The van der Waals surface area contributed by atoms with Crippen LogP contribution >= 0.6 is 0 Å². The van der Waals surface area contributed by atoms with Crippen LogP contribution in [0.1, 0.15) is 51.3 Å². The molecule has 4 heteroatoms. The van der Waals surface area contributed by atoms with Gasteiger partial charge in [0.05, 0.1) is 17.8 Å². The maximum atomic E-state index is 11.2. The number of ether oxygens (including phenoxy) is 3. The normalized spacial score (nSPS) is 18.8. The van der Waals surface area contributed by atoms with Gasteiger partial charge in [0, 0.05) is 6.42 Å². The summed E-state index contributed by atoms with van der Waals surface area (Å²) in [7, 11) is 0. The topological polar surface area (TPSA) is 47.9 Å². The van der Waals surface area contributed by atoms with Gasteiger partial charge in [-0.25, -0.2) is 0 Å². The Balaban J connectivity index is 1.91. The van der Waals surface area contributed by atoms with Crippen LogP contribution in [0, 0.1) is 0 Å². The Labute approximate surface area is 178 Å². The Hall–Kier alpha value is -3.14. The fourth-order valence-corrected chi connectivity index (χ4v) is 3.85. The second kappa shape index (κ2) is 8.31. The van der Waals surface area contributed by atoms with Crippen molar-refractivity contribution in [3.05, 3.63) is 100 Å². The van der Waals surface area contributed by atoms with Crippen LogP contribution in [0.25, 0.3) is 5.57 Å². The van der Waals surface area contributed by atoms with Crippen molar-refractivity contribution in [3.63, 3.8) is 0 Å². The van der Waals surface area contributed by atoms with Crippen LogP contribution in [0.5, 0.6) is 0 Å². The Kier molecular flexibility index (Phi) is 5.58. The van der Waals surface area contributed by atoms with Crippen LogP contribution in [0.3, 0.4) is 0 Å². The molecule has 1 heterocycles. The van der Waals surface area contributed by atoms with E-state index >= 15 is 0 Å². The third kappa shape index (κ3) is 3.82. The standard InChI is InChI=1S/C26H28O4/c1-16(2)28-25-23(27)22-20(18-11-7-5-8-12-18)15-21(19-13-9-6-10-14-19)30-24(22)26(25)29-17(3)4/h5-14,16-17,21,27H,15H2,1-4H3. The van der Waals surface area contributed by atoms with Gasteiger partial charge in [-0.1, -0.05) is 60.7 Å². The summed E-state index contributed by atoms with van der Waals surface area (Å²) in [5.74, 6) is 1.46. The molecular weight excluding hydrogens is 376 g/mol. The van der Waals surface area contributed by atoms with E-state index in [0.29, 0.717) is 29.3 Å². The van der Waals surface area contributed by atoms with E-state index in [1.807, 2.05) is 64.1 Å². The molecule has 0 bridgehead atoms. The molecule has 0 aromatic heterocycles. The summed E-state index contributed by atoms with van der Waals surface area (Å²) < 4.78 is 18.6. The van der Waals surface area contributed by atoms with Crippen LogP contribution in [0.2, 0.25) is 0 Å². The first-order chi connectivity index (χ1) is 14.5. The third-order valence-electron chi connectivity index (χ3n) is 5.04. The van der Waals surface area contributed by atoms with Gasteiger partial charge in [-0.15, -0.1) is 0 Å². The molecule has 2 aliphatic rings. The monoisotopic (exact) mass is 404 g/mol. The van der Waals surface area contributed by atoms with Gasteiger partial charge in [-0.3, -0.25) is 0 Å². The summed E-state index contributed by atoms with van der Waals surface area (Å²) in [6.07, 6.45) is 0.253. The van der Waals surface area contributed by atoms with Crippen molar-refractivity contribution < 1.29 is 19.3 Å². The molecule has 4 nitrogen and oxygen atoms in total. The minimum Gasteiger partial charge on any atom is -0.504 e. The van der Waals surface area contributed by atoms with Gasteiger partial charge in [-0.2, -0.15) is 0 Å². The smallest absolute Gasteiger partial charge is 0.208 e. The van der Waals surface area contributed by atoms with Crippen molar-refractivity contribution >= 4 is 5.57 Å². The van der Waals surface area contributed by atoms with Crippen LogP contribution in [0.15, 0.2) is 89.3 Å². The number of rotatable bonds is 6. The molecule has 1 unspecified atom stereocenters. The van der Waals surface area contributed by atoms with Crippen molar-refractivity contribution in [2.75, 3.05) is 0 Å². The summed E-state index contributed by atoms with van der Waals surface area (Å²) in [4.78, 5) is 0. The lowest BCUT2D eigenvalue weighted by Crippen LogP contribution is -2.16. The second-order valence-electron chi connectivity index (χ2n) is 8.11. The molecule has 156 valence electrons. The van der Waals surface area contributed by atoms with Crippen molar-refractivity contribution in [2.24, 2.45) is 0 Å². The average Bonchev–Trinajstić information content (AvgIpc) is 2.99. The molecule has 0 amide bonds. The number of aliphatic hydroxyl groups excluding tert-OH is 1. The van der Waals surface area contributed by atoms with E-state index in [0.717, 1.165) is 16.7 Å². The van der Waals surface area contributed by atoms with Crippen LogP contribution in [-0.2, 0) is 14.2 Å². The summed E-state index contributed by atoms with van der Waals surface area (Å²) >= 11 is 0. The maximum Gasteiger partial charge on any atom is 0.208 e. The van der Waals surface area contributed by atoms with Crippen LogP contribution in [0.4, 0.5) is 0 Å². The fourth-order valence-electron chi connectivity index (χ4n) is 3.85. The van der Waals surface area contributed by atoms with E-state index in [-0.39, 0.29) is 24.1 Å². The van der Waals surface area contributed by atoms with E-state index in [4.69, 9.17) is 14.2 Å². The first kappa shape index (κ1) is 20.1. The summed E-state index contributed by atoms with van der Waals surface area (Å²) in [5.41, 5.74) is 3.82. The van der Waals surface area contributed by atoms with E-state index in [1.165, 1.54) is 0 Å². The Morgan fingerprint density at radius 1 is 0.833 bits per heavy atom. The zero-order chi connectivity index (χ0) is 21.3. The van der Waals surface area contributed by atoms with Crippen LogP contribution in [-0.4, -0.2) is 17.3 Å². The van der Waals surface area contributed by atoms with Gasteiger partial charge in [0.2, 0.25) is 11.5 Å². The lowest BCUT2D eigenvalue weighted by Gasteiger charge is -2.29. The van der Waals surface area contributed by atoms with Gasteiger partial charge in [0.1, 0.15) is 6.10 Å². The molecule has 2 aromatic rings. The molecule has 0 saturated carbocycles. The minimum atomic E-state index is -0.183. The molecule has 4 rings (SSSR count). The molecule has 1 aliphatic heterocycles. The highest BCUT2D eigenvalue weighted by atomic mass is 16.6. The lowest BCUT2D eigenvalue weighted by molar-refractivity contribution is 0.0635. The number of benzene rings is 2. The van der Waals surface area contributed by atoms with Crippen molar-refractivity contribution in [3.8, 4) is 0 Å².